The predicted molar refractivity (Wildman–Crippen MR) is 194 cm³/mol. The first kappa shape index (κ1) is 26.6. The fraction of sp³-hybridized carbons (Fsp3) is 0. The molecule has 10 aromatic rings. The smallest absolute Gasteiger partial charge is 0.197 e. The van der Waals surface area contributed by atoms with E-state index in [1.165, 1.54) is 0 Å². The third kappa shape index (κ3) is 4.15. The van der Waals surface area contributed by atoms with Crippen LogP contribution in [0.1, 0.15) is 0 Å². The molecular formula is C43H25N3O2. The quantitative estimate of drug-likeness (QED) is 0.197. The van der Waals surface area contributed by atoms with Crippen molar-refractivity contribution in [2.24, 2.45) is 0 Å². The average Bonchev–Trinajstić information content (AvgIpc) is 3.74. The lowest BCUT2D eigenvalue weighted by atomic mass is 9.99. The second-order valence-electron chi connectivity index (χ2n) is 12.0. The lowest BCUT2D eigenvalue weighted by molar-refractivity contribution is 0.633. The second kappa shape index (κ2) is 10.5. The van der Waals surface area contributed by atoms with Crippen LogP contribution in [0.15, 0.2) is 160 Å². The van der Waals surface area contributed by atoms with Crippen LogP contribution in [-0.4, -0.2) is 15.0 Å². The Labute approximate surface area is 274 Å². The summed E-state index contributed by atoms with van der Waals surface area (Å²) >= 11 is 0. The molecule has 0 fully saturated rings. The van der Waals surface area contributed by atoms with E-state index in [2.05, 4.69) is 72.8 Å². The zero-order chi connectivity index (χ0) is 31.6. The van der Waals surface area contributed by atoms with Crippen molar-refractivity contribution in [2.75, 3.05) is 0 Å². The van der Waals surface area contributed by atoms with Gasteiger partial charge in [-0.3, -0.25) is 0 Å². The molecule has 6 aromatic carbocycles. The van der Waals surface area contributed by atoms with Crippen LogP contribution in [0.2, 0.25) is 0 Å². The summed E-state index contributed by atoms with van der Waals surface area (Å²) in [5.74, 6) is 0.707. The summed E-state index contributed by atoms with van der Waals surface area (Å²) in [7, 11) is 0. The van der Waals surface area contributed by atoms with E-state index in [0.717, 1.165) is 88.5 Å². The standard InChI is InChI=1S/C43H25N3O2/c1-2-10-28(11-3-1)38-31-12-4-7-15-34(31)44-43(46-38)30-24-20-27(21-25-30)26-18-22-29(23-19-26)39-37-32-13-5-8-16-35(32)47-41(37)42-40(45-39)33-14-6-9-17-36(33)48-42/h1-25H. The Morgan fingerprint density at radius 1 is 0.354 bits per heavy atom. The summed E-state index contributed by atoms with van der Waals surface area (Å²) in [6.07, 6.45) is 0. The van der Waals surface area contributed by atoms with Gasteiger partial charge in [0.2, 0.25) is 0 Å². The van der Waals surface area contributed by atoms with E-state index < -0.39 is 0 Å². The summed E-state index contributed by atoms with van der Waals surface area (Å²) in [6.45, 7) is 0. The van der Waals surface area contributed by atoms with Crippen molar-refractivity contribution in [2.45, 2.75) is 0 Å². The second-order valence-corrected chi connectivity index (χ2v) is 12.0. The van der Waals surface area contributed by atoms with Gasteiger partial charge in [0.25, 0.3) is 0 Å². The monoisotopic (exact) mass is 615 g/mol. The number of pyridine rings is 1. The number of benzene rings is 6. The molecule has 48 heavy (non-hydrogen) atoms. The molecule has 5 heteroatoms. The van der Waals surface area contributed by atoms with Crippen LogP contribution in [0.5, 0.6) is 0 Å². The van der Waals surface area contributed by atoms with Crippen molar-refractivity contribution in [3.05, 3.63) is 152 Å². The third-order valence-electron chi connectivity index (χ3n) is 9.12. The Bertz CT molecular complexity index is 2820. The summed E-state index contributed by atoms with van der Waals surface area (Å²) in [5, 5.41) is 3.99. The molecule has 0 aliphatic carbocycles. The van der Waals surface area contributed by atoms with Crippen molar-refractivity contribution in [3.63, 3.8) is 0 Å². The molecule has 0 aliphatic heterocycles. The Balaban J connectivity index is 1.05. The normalized spacial score (nSPS) is 11.8. The van der Waals surface area contributed by atoms with Gasteiger partial charge in [0.15, 0.2) is 17.0 Å². The highest BCUT2D eigenvalue weighted by Crippen LogP contribution is 2.42. The number of aromatic nitrogens is 3. The van der Waals surface area contributed by atoms with Crippen molar-refractivity contribution >= 4 is 54.9 Å². The van der Waals surface area contributed by atoms with Gasteiger partial charge in [0, 0.05) is 32.8 Å². The van der Waals surface area contributed by atoms with Crippen molar-refractivity contribution in [1.29, 1.82) is 0 Å². The molecule has 0 unspecified atom stereocenters. The highest BCUT2D eigenvalue weighted by molar-refractivity contribution is 6.21. The van der Waals surface area contributed by atoms with E-state index >= 15 is 0 Å². The van der Waals surface area contributed by atoms with Gasteiger partial charge in [-0.05, 0) is 35.4 Å². The zero-order valence-corrected chi connectivity index (χ0v) is 25.6. The van der Waals surface area contributed by atoms with Gasteiger partial charge in [0.1, 0.15) is 16.7 Å². The van der Waals surface area contributed by atoms with Crippen LogP contribution >= 0.6 is 0 Å². The molecular weight excluding hydrogens is 590 g/mol. The minimum absolute atomic E-state index is 0.675. The van der Waals surface area contributed by atoms with E-state index in [9.17, 15) is 0 Å². The number of fused-ring (bicyclic) bond motifs is 8. The molecule has 0 bridgehead atoms. The topological polar surface area (TPSA) is 65.0 Å². The van der Waals surface area contributed by atoms with E-state index in [1.54, 1.807) is 0 Å². The molecule has 4 aromatic heterocycles. The number of furan rings is 2. The summed E-state index contributed by atoms with van der Waals surface area (Å²) in [4.78, 5) is 15.2. The summed E-state index contributed by atoms with van der Waals surface area (Å²) in [6, 6.07) is 51.6. The lowest BCUT2D eigenvalue weighted by Crippen LogP contribution is -1.95. The molecule has 0 amide bonds. The number of hydrogen-bond acceptors (Lipinski definition) is 5. The SMILES string of the molecule is c1ccc(-c2nc(-c3ccc(-c4ccc(-c5nc6c7ccccc7oc6c6oc7ccccc7c56)cc4)cc3)nc3ccccc23)cc1. The van der Waals surface area contributed by atoms with Gasteiger partial charge in [-0.15, -0.1) is 0 Å². The summed E-state index contributed by atoms with van der Waals surface area (Å²) < 4.78 is 12.7. The van der Waals surface area contributed by atoms with E-state index in [1.807, 2.05) is 78.9 Å². The highest BCUT2D eigenvalue weighted by atomic mass is 16.4. The minimum Gasteiger partial charge on any atom is -0.452 e. The fourth-order valence-electron chi connectivity index (χ4n) is 6.77. The van der Waals surface area contributed by atoms with Crippen LogP contribution in [0.3, 0.4) is 0 Å². The van der Waals surface area contributed by atoms with Gasteiger partial charge >= 0.3 is 0 Å². The lowest BCUT2D eigenvalue weighted by Gasteiger charge is -2.10. The molecule has 0 radical (unpaired) electrons. The van der Waals surface area contributed by atoms with Crippen LogP contribution in [0.4, 0.5) is 0 Å². The fourth-order valence-corrected chi connectivity index (χ4v) is 6.77. The Morgan fingerprint density at radius 2 is 0.896 bits per heavy atom. The molecule has 0 saturated carbocycles. The first-order valence-corrected chi connectivity index (χ1v) is 15.9. The van der Waals surface area contributed by atoms with Crippen LogP contribution < -0.4 is 0 Å². The maximum absolute atomic E-state index is 6.41. The van der Waals surface area contributed by atoms with Gasteiger partial charge in [-0.2, -0.15) is 0 Å². The predicted octanol–water partition coefficient (Wildman–Crippen LogP) is 11.5. The Kier molecular flexibility index (Phi) is 5.81. The molecule has 0 spiro atoms. The minimum atomic E-state index is 0.675. The first-order valence-electron chi connectivity index (χ1n) is 15.9. The van der Waals surface area contributed by atoms with Crippen molar-refractivity contribution in [1.82, 2.24) is 15.0 Å². The van der Waals surface area contributed by atoms with E-state index in [4.69, 9.17) is 23.8 Å². The summed E-state index contributed by atoms with van der Waals surface area (Å²) in [5.41, 5.74) is 11.8. The highest BCUT2D eigenvalue weighted by Gasteiger charge is 2.22. The van der Waals surface area contributed by atoms with E-state index in [0.29, 0.717) is 11.4 Å². The van der Waals surface area contributed by atoms with Crippen LogP contribution in [0, 0.1) is 0 Å². The average molecular weight is 616 g/mol. The maximum atomic E-state index is 6.41. The number of para-hydroxylation sites is 3. The van der Waals surface area contributed by atoms with Crippen molar-refractivity contribution in [3.8, 4) is 45.0 Å². The van der Waals surface area contributed by atoms with Gasteiger partial charge in [0.05, 0.1) is 22.3 Å². The zero-order valence-electron chi connectivity index (χ0n) is 25.6. The van der Waals surface area contributed by atoms with Crippen molar-refractivity contribution < 1.29 is 8.83 Å². The number of hydrogen-bond donors (Lipinski definition) is 0. The van der Waals surface area contributed by atoms with Gasteiger partial charge < -0.3 is 8.83 Å². The van der Waals surface area contributed by atoms with Crippen LogP contribution in [-0.2, 0) is 0 Å². The van der Waals surface area contributed by atoms with Crippen LogP contribution in [0.25, 0.3) is 99.9 Å². The molecule has 224 valence electrons. The van der Waals surface area contributed by atoms with Gasteiger partial charge in [-0.1, -0.05) is 127 Å². The Morgan fingerprint density at radius 3 is 1.65 bits per heavy atom. The molecule has 0 atom stereocenters. The molecule has 10 rings (SSSR count). The maximum Gasteiger partial charge on any atom is 0.197 e. The number of rotatable bonds is 4. The Hall–Kier alpha value is -6.59. The molecule has 0 N–H and O–H groups in total. The first-order chi connectivity index (χ1) is 23.8. The molecule has 0 saturated heterocycles. The third-order valence-corrected chi connectivity index (χ3v) is 9.12. The largest absolute Gasteiger partial charge is 0.452 e. The molecule has 5 nitrogen and oxygen atoms in total. The number of nitrogens with zero attached hydrogens (tertiary/aromatic N) is 3. The molecule has 0 aliphatic rings. The van der Waals surface area contributed by atoms with E-state index in [-0.39, 0.29) is 0 Å². The molecule has 4 heterocycles. The van der Waals surface area contributed by atoms with Gasteiger partial charge in [-0.25, -0.2) is 15.0 Å².